The third-order valence-corrected chi connectivity index (χ3v) is 5.14. The molecule has 1 aliphatic carbocycles. The fourth-order valence-corrected chi connectivity index (χ4v) is 3.34. The molecule has 0 saturated heterocycles. The number of nitrogens with one attached hydrogen (secondary N) is 2. The van der Waals surface area contributed by atoms with Crippen molar-refractivity contribution in [3.8, 4) is 17.0 Å². The van der Waals surface area contributed by atoms with Gasteiger partial charge in [0.25, 0.3) is 5.91 Å². The Morgan fingerprint density at radius 3 is 2.48 bits per heavy atom. The van der Waals surface area contributed by atoms with Gasteiger partial charge in [-0.1, -0.05) is 23.2 Å². The summed E-state index contributed by atoms with van der Waals surface area (Å²) in [6.07, 6.45) is 1.94. The highest BCUT2D eigenvalue weighted by molar-refractivity contribution is 6.39. The third-order valence-electron chi connectivity index (χ3n) is 4.52. The Labute approximate surface area is 163 Å². The second kappa shape index (κ2) is 6.48. The van der Waals surface area contributed by atoms with E-state index in [0.29, 0.717) is 16.6 Å². The van der Waals surface area contributed by atoms with Crippen molar-refractivity contribution in [1.29, 1.82) is 0 Å². The molecule has 1 heterocycles. The zero-order chi connectivity index (χ0) is 19.3. The maximum Gasteiger partial charge on any atom is 0.251 e. The molecule has 5 N–H and O–H groups in total. The summed E-state index contributed by atoms with van der Waals surface area (Å²) in [5.74, 6) is -0.723. The molecule has 8 heteroatoms. The van der Waals surface area contributed by atoms with E-state index in [2.05, 4.69) is 10.3 Å². The largest absolute Gasteiger partial charge is 0.503 e. The summed E-state index contributed by atoms with van der Waals surface area (Å²) in [7, 11) is 0. The quantitative estimate of drug-likeness (QED) is 0.500. The number of halogens is 2. The van der Waals surface area contributed by atoms with Gasteiger partial charge in [0.2, 0.25) is 5.43 Å². The topological polar surface area (TPSA) is 108 Å². The van der Waals surface area contributed by atoms with Gasteiger partial charge in [-0.3, -0.25) is 9.59 Å². The van der Waals surface area contributed by atoms with Crippen molar-refractivity contribution in [2.45, 2.75) is 18.9 Å². The Morgan fingerprint density at radius 1 is 1.19 bits per heavy atom. The van der Waals surface area contributed by atoms with E-state index in [9.17, 15) is 14.7 Å². The molecule has 0 unspecified atom stereocenters. The number of aromatic amines is 1. The molecule has 1 aliphatic rings. The van der Waals surface area contributed by atoms with Crippen LogP contribution in [0, 0.1) is 0 Å². The lowest BCUT2D eigenvalue weighted by molar-refractivity contribution is 0.0951. The van der Waals surface area contributed by atoms with Gasteiger partial charge in [-0.25, -0.2) is 0 Å². The number of anilines is 1. The van der Waals surface area contributed by atoms with E-state index in [1.807, 2.05) is 0 Å². The summed E-state index contributed by atoms with van der Waals surface area (Å²) >= 11 is 12.1. The maximum absolute atomic E-state index is 12.7. The van der Waals surface area contributed by atoms with Gasteiger partial charge in [-0.15, -0.1) is 0 Å². The molecule has 2 aromatic carbocycles. The summed E-state index contributed by atoms with van der Waals surface area (Å²) in [5, 5.41) is 13.9. The monoisotopic (exact) mass is 403 g/mol. The van der Waals surface area contributed by atoms with Gasteiger partial charge in [0.1, 0.15) is 0 Å². The Kier molecular flexibility index (Phi) is 4.25. The summed E-state index contributed by atoms with van der Waals surface area (Å²) < 4.78 is 0. The molecule has 0 atom stereocenters. The molecule has 0 radical (unpaired) electrons. The number of aromatic hydroxyl groups is 1. The van der Waals surface area contributed by atoms with E-state index >= 15 is 0 Å². The molecule has 0 aliphatic heterocycles. The van der Waals surface area contributed by atoms with Crippen LogP contribution in [-0.4, -0.2) is 22.0 Å². The van der Waals surface area contributed by atoms with Gasteiger partial charge in [0, 0.05) is 17.2 Å². The highest BCUT2D eigenvalue weighted by atomic mass is 35.5. The number of pyridine rings is 1. The molecule has 3 aromatic rings. The molecule has 1 saturated carbocycles. The maximum atomic E-state index is 12.7. The number of nitrogen functional groups attached to an aromatic ring is 1. The number of hydrogen-bond donors (Lipinski definition) is 4. The fourth-order valence-electron chi connectivity index (χ4n) is 2.85. The van der Waals surface area contributed by atoms with Crippen molar-refractivity contribution in [3.63, 3.8) is 0 Å². The number of carbonyl (C=O) groups excluding carboxylic acids is 1. The van der Waals surface area contributed by atoms with Crippen LogP contribution in [0.15, 0.2) is 35.1 Å². The number of benzene rings is 2. The lowest BCUT2D eigenvalue weighted by Crippen LogP contribution is -2.25. The first-order valence-corrected chi connectivity index (χ1v) is 9.05. The Morgan fingerprint density at radius 2 is 1.85 bits per heavy atom. The van der Waals surface area contributed by atoms with Crippen LogP contribution in [0.1, 0.15) is 23.2 Å². The number of hydrogen-bond acceptors (Lipinski definition) is 4. The van der Waals surface area contributed by atoms with Crippen LogP contribution in [-0.2, 0) is 0 Å². The van der Waals surface area contributed by atoms with Crippen LogP contribution in [0.25, 0.3) is 22.2 Å². The average molecular weight is 404 g/mol. The van der Waals surface area contributed by atoms with Gasteiger partial charge in [-0.2, -0.15) is 0 Å². The number of aromatic nitrogens is 1. The fraction of sp³-hybridized carbons (Fsp3) is 0.158. The van der Waals surface area contributed by atoms with Gasteiger partial charge in [-0.05, 0) is 43.2 Å². The molecule has 1 fully saturated rings. The molecule has 6 nitrogen and oxygen atoms in total. The Balaban J connectivity index is 1.84. The van der Waals surface area contributed by atoms with E-state index in [-0.39, 0.29) is 38.8 Å². The first-order chi connectivity index (χ1) is 12.8. The van der Waals surface area contributed by atoms with Crippen LogP contribution < -0.4 is 16.5 Å². The zero-order valence-electron chi connectivity index (χ0n) is 14.0. The van der Waals surface area contributed by atoms with Gasteiger partial charge in [0.05, 0.1) is 32.3 Å². The summed E-state index contributed by atoms with van der Waals surface area (Å²) in [6.45, 7) is 0. The van der Waals surface area contributed by atoms with Crippen molar-refractivity contribution >= 4 is 45.7 Å². The smallest absolute Gasteiger partial charge is 0.251 e. The normalized spacial score (nSPS) is 13.7. The van der Waals surface area contributed by atoms with Crippen molar-refractivity contribution in [2.24, 2.45) is 0 Å². The SMILES string of the molecule is Nc1c(Cl)cc(-c2[nH]c3ccc(C(=O)NC4CC4)cc3c(=O)c2O)cc1Cl. The second-order valence-electron chi connectivity index (χ2n) is 6.54. The highest BCUT2D eigenvalue weighted by Gasteiger charge is 2.24. The predicted octanol–water partition coefficient (Wildman–Crippen LogP) is 3.68. The lowest BCUT2D eigenvalue weighted by atomic mass is 10.1. The van der Waals surface area contributed by atoms with Crippen LogP contribution in [0.3, 0.4) is 0 Å². The number of nitrogens with two attached hydrogens (primary N) is 1. The summed E-state index contributed by atoms with van der Waals surface area (Å²) in [6, 6.07) is 7.95. The van der Waals surface area contributed by atoms with E-state index in [1.165, 1.54) is 18.2 Å². The summed E-state index contributed by atoms with van der Waals surface area (Å²) in [4.78, 5) is 27.9. The van der Waals surface area contributed by atoms with Crippen molar-refractivity contribution in [1.82, 2.24) is 10.3 Å². The zero-order valence-corrected chi connectivity index (χ0v) is 15.5. The Bertz CT molecular complexity index is 1130. The standard InChI is InChI=1S/C19H15Cl2N3O3/c20-12-6-9(7-13(21)15(12)22)16-18(26)17(25)11-5-8(1-4-14(11)24-16)19(27)23-10-2-3-10/h1,4-7,10,26H,2-3,22H2,(H,23,27)(H,24,25). The number of amides is 1. The van der Waals surface area contributed by atoms with Crippen molar-refractivity contribution in [2.75, 3.05) is 5.73 Å². The van der Waals surface area contributed by atoms with Crippen LogP contribution in [0.2, 0.25) is 10.0 Å². The highest BCUT2D eigenvalue weighted by Crippen LogP contribution is 2.35. The van der Waals surface area contributed by atoms with Gasteiger partial charge >= 0.3 is 0 Å². The summed E-state index contributed by atoms with van der Waals surface area (Å²) in [5.41, 5.74) is 6.79. The number of rotatable bonds is 3. The minimum Gasteiger partial charge on any atom is -0.503 e. The number of fused-ring (bicyclic) bond motifs is 1. The van der Waals surface area contributed by atoms with Crippen molar-refractivity contribution < 1.29 is 9.90 Å². The molecular formula is C19H15Cl2N3O3. The first kappa shape index (κ1) is 17.7. The van der Waals surface area contributed by atoms with E-state index in [1.54, 1.807) is 12.1 Å². The van der Waals surface area contributed by atoms with Crippen LogP contribution >= 0.6 is 23.2 Å². The predicted molar refractivity (Wildman–Crippen MR) is 107 cm³/mol. The van der Waals surface area contributed by atoms with Gasteiger partial charge < -0.3 is 21.1 Å². The minimum atomic E-state index is -0.594. The molecule has 1 aromatic heterocycles. The number of carbonyl (C=O) groups is 1. The Hall–Kier alpha value is -2.70. The molecule has 138 valence electrons. The van der Waals surface area contributed by atoms with E-state index in [4.69, 9.17) is 28.9 Å². The minimum absolute atomic E-state index is 0.173. The van der Waals surface area contributed by atoms with E-state index in [0.717, 1.165) is 12.8 Å². The first-order valence-electron chi connectivity index (χ1n) is 8.30. The van der Waals surface area contributed by atoms with Crippen LogP contribution in [0.5, 0.6) is 5.75 Å². The third kappa shape index (κ3) is 3.22. The second-order valence-corrected chi connectivity index (χ2v) is 7.35. The molecule has 27 heavy (non-hydrogen) atoms. The molecular weight excluding hydrogens is 389 g/mol. The molecule has 0 spiro atoms. The van der Waals surface area contributed by atoms with Gasteiger partial charge in [0.15, 0.2) is 5.75 Å². The number of H-pyrrole nitrogens is 1. The molecule has 4 rings (SSSR count). The van der Waals surface area contributed by atoms with Crippen LogP contribution in [0.4, 0.5) is 5.69 Å². The molecule has 1 amide bonds. The average Bonchev–Trinajstić information content (AvgIpc) is 3.46. The lowest BCUT2D eigenvalue weighted by Gasteiger charge is -2.11. The van der Waals surface area contributed by atoms with E-state index < -0.39 is 11.2 Å². The van der Waals surface area contributed by atoms with Crippen molar-refractivity contribution in [3.05, 3.63) is 56.2 Å². The molecule has 0 bridgehead atoms.